The molecule has 1 N–H and O–H groups in total. The molecule has 0 saturated heterocycles. The second-order valence-electron chi connectivity index (χ2n) is 7.34. The van der Waals surface area contributed by atoms with Gasteiger partial charge < -0.3 is 4.90 Å². The zero-order chi connectivity index (χ0) is 21.3. The lowest BCUT2D eigenvalue weighted by Gasteiger charge is -2.23. The third-order valence-corrected chi connectivity index (χ3v) is 6.85. The van der Waals surface area contributed by atoms with E-state index in [2.05, 4.69) is 4.72 Å². The van der Waals surface area contributed by atoms with E-state index in [0.717, 1.165) is 16.8 Å². The summed E-state index contributed by atoms with van der Waals surface area (Å²) in [4.78, 5) is 14.9. The minimum absolute atomic E-state index is 0.0484. The Kier molecular flexibility index (Phi) is 5.64. The summed E-state index contributed by atoms with van der Waals surface area (Å²) in [5.41, 5.74) is 3.03. The van der Waals surface area contributed by atoms with Gasteiger partial charge in [0, 0.05) is 28.9 Å². The molecule has 1 aliphatic rings. The first-order valence-electron chi connectivity index (χ1n) is 9.61. The Hall–Kier alpha value is -2.67. The van der Waals surface area contributed by atoms with E-state index in [1.54, 1.807) is 59.5 Å². The number of hydrogen-bond acceptors (Lipinski definition) is 3. The molecule has 4 rings (SSSR count). The van der Waals surface area contributed by atoms with Crippen LogP contribution in [0.15, 0.2) is 77.7 Å². The monoisotopic (exact) mass is 440 g/mol. The number of anilines is 1. The number of amides is 1. The maximum atomic E-state index is 13.0. The molecule has 0 fully saturated rings. The summed E-state index contributed by atoms with van der Waals surface area (Å²) < 4.78 is 28.2. The lowest BCUT2D eigenvalue weighted by molar-refractivity contribution is 0.0981. The minimum atomic E-state index is -3.68. The molecule has 0 spiro atoms. The SMILES string of the molecule is CC1Cc2cc(S(=O)(=O)NCc3ccc(Cl)cc3)ccc2N1C(=O)c1ccccc1. The smallest absolute Gasteiger partial charge is 0.258 e. The number of rotatable bonds is 5. The molecular weight excluding hydrogens is 420 g/mol. The fourth-order valence-corrected chi connectivity index (χ4v) is 4.86. The minimum Gasteiger partial charge on any atom is -0.305 e. The lowest BCUT2D eigenvalue weighted by atomic mass is 10.1. The van der Waals surface area contributed by atoms with Crippen LogP contribution in [0.5, 0.6) is 0 Å². The molecule has 0 bridgehead atoms. The average Bonchev–Trinajstić information content (AvgIpc) is 3.08. The van der Waals surface area contributed by atoms with E-state index >= 15 is 0 Å². The third-order valence-electron chi connectivity index (χ3n) is 5.20. The van der Waals surface area contributed by atoms with Gasteiger partial charge in [-0.2, -0.15) is 0 Å². The van der Waals surface area contributed by atoms with Crippen LogP contribution in [0.2, 0.25) is 5.02 Å². The van der Waals surface area contributed by atoms with Crippen LogP contribution in [-0.2, 0) is 23.0 Å². The summed E-state index contributed by atoms with van der Waals surface area (Å²) in [5, 5.41) is 0.601. The maximum Gasteiger partial charge on any atom is 0.258 e. The first-order chi connectivity index (χ1) is 14.3. The summed E-state index contributed by atoms with van der Waals surface area (Å²) in [6.07, 6.45) is 0.606. The van der Waals surface area contributed by atoms with Crippen molar-refractivity contribution in [2.45, 2.75) is 30.8 Å². The molecule has 3 aromatic carbocycles. The van der Waals surface area contributed by atoms with E-state index in [0.29, 0.717) is 17.0 Å². The van der Waals surface area contributed by atoms with Crippen molar-refractivity contribution in [3.63, 3.8) is 0 Å². The molecule has 0 aromatic heterocycles. The Morgan fingerprint density at radius 1 is 1.07 bits per heavy atom. The second kappa shape index (κ2) is 8.22. The molecule has 7 heteroatoms. The van der Waals surface area contributed by atoms with Crippen LogP contribution in [-0.4, -0.2) is 20.4 Å². The summed E-state index contributed by atoms with van der Waals surface area (Å²) in [7, 11) is -3.68. The number of carbonyl (C=O) groups is 1. The predicted molar refractivity (Wildman–Crippen MR) is 118 cm³/mol. The fraction of sp³-hybridized carbons (Fsp3) is 0.174. The van der Waals surface area contributed by atoms with E-state index in [4.69, 9.17) is 11.6 Å². The zero-order valence-corrected chi connectivity index (χ0v) is 18.0. The first-order valence-corrected chi connectivity index (χ1v) is 11.5. The standard InChI is InChI=1S/C23H21ClN2O3S/c1-16-13-19-14-21(30(28,29)25-15-17-7-9-20(24)10-8-17)11-12-22(19)26(16)23(27)18-5-3-2-4-6-18/h2-12,14,16,25H,13,15H2,1H3. The van der Waals surface area contributed by atoms with Gasteiger partial charge in [0.15, 0.2) is 0 Å². The van der Waals surface area contributed by atoms with Crippen LogP contribution in [0.3, 0.4) is 0 Å². The highest BCUT2D eigenvalue weighted by Gasteiger charge is 2.32. The van der Waals surface area contributed by atoms with Crippen molar-refractivity contribution in [3.05, 3.63) is 94.5 Å². The zero-order valence-electron chi connectivity index (χ0n) is 16.4. The lowest BCUT2D eigenvalue weighted by Crippen LogP contribution is -2.35. The van der Waals surface area contributed by atoms with Crippen molar-refractivity contribution >= 4 is 33.2 Å². The van der Waals surface area contributed by atoms with Crippen molar-refractivity contribution in [1.82, 2.24) is 4.72 Å². The van der Waals surface area contributed by atoms with Crippen LogP contribution < -0.4 is 9.62 Å². The van der Waals surface area contributed by atoms with Crippen molar-refractivity contribution in [1.29, 1.82) is 0 Å². The molecule has 154 valence electrons. The van der Waals surface area contributed by atoms with Crippen molar-refractivity contribution in [3.8, 4) is 0 Å². The molecule has 1 aliphatic heterocycles. The number of hydrogen-bond donors (Lipinski definition) is 1. The van der Waals surface area contributed by atoms with Gasteiger partial charge in [-0.3, -0.25) is 4.79 Å². The number of benzene rings is 3. The molecule has 30 heavy (non-hydrogen) atoms. The fourth-order valence-electron chi connectivity index (χ4n) is 3.67. The van der Waals surface area contributed by atoms with Gasteiger partial charge in [0.25, 0.3) is 5.91 Å². The van der Waals surface area contributed by atoms with E-state index in [9.17, 15) is 13.2 Å². The number of sulfonamides is 1. The van der Waals surface area contributed by atoms with Gasteiger partial charge in [0.05, 0.1) is 4.90 Å². The number of halogens is 1. The Morgan fingerprint density at radius 2 is 1.77 bits per heavy atom. The Morgan fingerprint density at radius 3 is 2.47 bits per heavy atom. The summed E-state index contributed by atoms with van der Waals surface area (Å²) in [6.45, 7) is 2.14. The molecule has 1 atom stereocenters. The normalized spacial score (nSPS) is 15.8. The van der Waals surface area contributed by atoms with Gasteiger partial charge in [-0.1, -0.05) is 41.9 Å². The van der Waals surface area contributed by atoms with Gasteiger partial charge in [0.2, 0.25) is 10.0 Å². The highest BCUT2D eigenvalue weighted by molar-refractivity contribution is 7.89. The average molecular weight is 441 g/mol. The molecule has 0 saturated carbocycles. The van der Waals surface area contributed by atoms with Crippen LogP contribution in [0.4, 0.5) is 5.69 Å². The van der Waals surface area contributed by atoms with Crippen molar-refractivity contribution in [2.75, 3.05) is 4.90 Å². The molecule has 0 radical (unpaired) electrons. The second-order valence-corrected chi connectivity index (χ2v) is 9.54. The molecular formula is C23H21ClN2O3S. The van der Waals surface area contributed by atoms with Crippen LogP contribution >= 0.6 is 11.6 Å². The van der Waals surface area contributed by atoms with E-state index in [1.165, 1.54) is 0 Å². The quantitative estimate of drug-likeness (QED) is 0.639. The Balaban J connectivity index is 1.56. The molecule has 5 nitrogen and oxygen atoms in total. The summed E-state index contributed by atoms with van der Waals surface area (Å²) >= 11 is 5.87. The number of nitrogens with zero attached hydrogens (tertiary/aromatic N) is 1. The van der Waals surface area contributed by atoms with E-state index < -0.39 is 10.0 Å². The predicted octanol–water partition coefficient (Wildman–Crippen LogP) is 4.41. The van der Waals surface area contributed by atoms with E-state index in [1.807, 2.05) is 25.1 Å². The topological polar surface area (TPSA) is 66.5 Å². The van der Waals surface area contributed by atoms with E-state index in [-0.39, 0.29) is 23.4 Å². The molecule has 0 aliphatic carbocycles. The number of carbonyl (C=O) groups excluding carboxylic acids is 1. The molecule has 3 aromatic rings. The van der Waals surface area contributed by atoms with Crippen LogP contribution in [0.25, 0.3) is 0 Å². The first kappa shape index (κ1) is 20.6. The van der Waals surface area contributed by atoms with Gasteiger partial charge in [-0.05, 0) is 66.9 Å². The van der Waals surface area contributed by atoms with Gasteiger partial charge >= 0.3 is 0 Å². The number of nitrogens with one attached hydrogen (secondary N) is 1. The third kappa shape index (κ3) is 4.12. The molecule has 1 heterocycles. The summed E-state index contributed by atoms with van der Waals surface area (Å²) in [5.74, 6) is -0.0849. The van der Waals surface area contributed by atoms with Crippen LogP contribution in [0, 0.1) is 0 Å². The molecule has 1 amide bonds. The highest BCUT2D eigenvalue weighted by atomic mass is 35.5. The number of fused-ring (bicyclic) bond motifs is 1. The maximum absolute atomic E-state index is 13.0. The highest BCUT2D eigenvalue weighted by Crippen LogP contribution is 2.35. The van der Waals surface area contributed by atoms with Gasteiger partial charge in [-0.15, -0.1) is 0 Å². The summed E-state index contributed by atoms with van der Waals surface area (Å²) in [6, 6.07) is 21.0. The van der Waals surface area contributed by atoms with Gasteiger partial charge in [-0.25, -0.2) is 13.1 Å². The Labute approximate surface area is 181 Å². The molecule has 1 unspecified atom stereocenters. The van der Waals surface area contributed by atoms with Crippen LogP contribution in [0.1, 0.15) is 28.4 Å². The van der Waals surface area contributed by atoms with Crippen molar-refractivity contribution < 1.29 is 13.2 Å². The van der Waals surface area contributed by atoms with Crippen molar-refractivity contribution in [2.24, 2.45) is 0 Å². The largest absolute Gasteiger partial charge is 0.305 e. The Bertz CT molecular complexity index is 1180. The van der Waals surface area contributed by atoms with Gasteiger partial charge in [0.1, 0.15) is 0 Å².